The van der Waals surface area contributed by atoms with Gasteiger partial charge in [-0.3, -0.25) is 0 Å². The van der Waals surface area contributed by atoms with Crippen LogP contribution in [0.3, 0.4) is 0 Å². The fourth-order valence-corrected chi connectivity index (χ4v) is 0.811. The zero-order chi connectivity index (χ0) is 10.3. The van der Waals surface area contributed by atoms with Gasteiger partial charge in [0.05, 0.1) is 6.10 Å². The summed E-state index contributed by atoms with van der Waals surface area (Å²) in [4.78, 5) is 11.0. The summed E-state index contributed by atoms with van der Waals surface area (Å²) in [7, 11) is 0. The van der Waals surface area contributed by atoms with Gasteiger partial charge < -0.3 is 9.47 Å². The molecular weight excluding hydrogens is 168 g/mol. The molecule has 0 aliphatic carbocycles. The molecule has 0 amide bonds. The van der Waals surface area contributed by atoms with E-state index in [1.807, 2.05) is 13.8 Å². The Balaban J connectivity index is 3.71. The van der Waals surface area contributed by atoms with Gasteiger partial charge in [-0.25, -0.2) is 4.79 Å². The fourth-order valence-electron chi connectivity index (χ4n) is 0.811. The summed E-state index contributed by atoms with van der Waals surface area (Å²) in [5.41, 5.74) is 0.423. The molecule has 13 heavy (non-hydrogen) atoms. The highest BCUT2D eigenvalue weighted by Gasteiger charge is 2.09. The van der Waals surface area contributed by atoms with E-state index in [4.69, 9.17) is 9.47 Å². The highest BCUT2D eigenvalue weighted by Crippen LogP contribution is 2.01. The van der Waals surface area contributed by atoms with E-state index in [9.17, 15) is 4.79 Å². The van der Waals surface area contributed by atoms with Gasteiger partial charge >= 0.3 is 5.97 Å². The molecule has 0 saturated carbocycles. The molecule has 1 atom stereocenters. The molecule has 0 aromatic heterocycles. The second-order valence-electron chi connectivity index (χ2n) is 2.86. The van der Waals surface area contributed by atoms with E-state index in [0.29, 0.717) is 18.8 Å². The summed E-state index contributed by atoms with van der Waals surface area (Å²) in [6, 6.07) is 0. The van der Waals surface area contributed by atoms with Crippen molar-refractivity contribution in [2.24, 2.45) is 0 Å². The number of esters is 1. The van der Waals surface area contributed by atoms with Crippen molar-refractivity contribution in [1.29, 1.82) is 0 Å². The van der Waals surface area contributed by atoms with Crippen LogP contribution in [0.5, 0.6) is 0 Å². The minimum absolute atomic E-state index is 0.00769. The van der Waals surface area contributed by atoms with Crippen LogP contribution in [0.15, 0.2) is 12.2 Å². The molecule has 0 radical (unpaired) electrons. The summed E-state index contributed by atoms with van der Waals surface area (Å²) >= 11 is 0. The van der Waals surface area contributed by atoms with Gasteiger partial charge in [0.2, 0.25) is 0 Å². The quantitative estimate of drug-likeness (QED) is 0.469. The highest BCUT2D eigenvalue weighted by atomic mass is 16.6. The Hall–Kier alpha value is -0.830. The molecule has 1 unspecified atom stereocenters. The summed E-state index contributed by atoms with van der Waals surface area (Å²) in [5.74, 6) is -0.349. The Labute approximate surface area is 79.7 Å². The van der Waals surface area contributed by atoms with Crippen molar-refractivity contribution in [2.75, 3.05) is 13.2 Å². The molecule has 3 nitrogen and oxygen atoms in total. The number of hydrogen-bond acceptors (Lipinski definition) is 3. The normalized spacial score (nSPS) is 12.2. The number of carbonyl (C=O) groups excluding carboxylic acids is 1. The van der Waals surface area contributed by atoms with E-state index in [0.717, 1.165) is 6.42 Å². The van der Waals surface area contributed by atoms with Gasteiger partial charge in [0.1, 0.15) is 6.61 Å². The van der Waals surface area contributed by atoms with Crippen LogP contribution in [0.4, 0.5) is 0 Å². The van der Waals surface area contributed by atoms with Crippen LogP contribution in [0.2, 0.25) is 0 Å². The minimum atomic E-state index is -0.349. The number of hydrogen-bond donors (Lipinski definition) is 0. The Kier molecular flexibility index (Phi) is 6.24. The van der Waals surface area contributed by atoms with Crippen molar-refractivity contribution in [1.82, 2.24) is 0 Å². The molecule has 3 heteroatoms. The van der Waals surface area contributed by atoms with E-state index in [2.05, 4.69) is 6.58 Å². The molecule has 0 fully saturated rings. The van der Waals surface area contributed by atoms with E-state index in [1.165, 1.54) is 0 Å². The maximum Gasteiger partial charge on any atom is 0.333 e. The Morgan fingerprint density at radius 3 is 2.46 bits per heavy atom. The molecule has 0 aliphatic heterocycles. The lowest BCUT2D eigenvalue weighted by molar-refractivity contribution is -0.143. The smallest absolute Gasteiger partial charge is 0.333 e. The van der Waals surface area contributed by atoms with E-state index < -0.39 is 0 Å². The second kappa shape index (κ2) is 6.66. The minimum Gasteiger partial charge on any atom is -0.460 e. The van der Waals surface area contributed by atoms with Crippen LogP contribution >= 0.6 is 0 Å². The Morgan fingerprint density at radius 2 is 2.08 bits per heavy atom. The molecule has 0 spiro atoms. The summed E-state index contributed by atoms with van der Waals surface area (Å²) < 4.78 is 10.3. The van der Waals surface area contributed by atoms with Crippen LogP contribution in [0, 0.1) is 0 Å². The van der Waals surface area contributed by atoms with Gasteiger partial charge in [-0.15, -0.1) is 0 Å². The van der Waals surface area contributed by atoms with Crippen LogP contribution in [0.25, 0.3) is 0 Å². The lowest BCUT2D eigenvalue weighted by Crippen LogP contribution is -2.21. The first kappa shape index (κ1) is 12.2. The van der Waals surface area contributed by atoms with Crippen LogP contribution in [-0.4, -0.2) is 25.3 Å². The van der Waals surface area contributed by atoms with Crippen molar-refractivity contribution in [3.8, 4) is 0 Å². The average Bonchev–Trinajstić information content (AvgIpc) is 2.11. The molecule has 0 aromatic rings. The predicted octanol–water partition coefficient (Wildman–Crippen LogP) is 1.92. The van der Waals surface area contributed by atoms with Crippen LogP contribution in [-0.2, 0) is 14.3 Å². The number of ether oxygens (including phenoxy) is 2. The monoisotopic (exact) mass is 186 g/mol. The maximum absolute atomic E-state index is 11.0. The Bertz CT molecular complexity index is 175. The maximum atomic E-state index is 11.0. The third kappa shape index (κ3) is 5.42. The standard InChI is InChI=1S/C10H18O3/c1-5-9(12-6-2)7-13-10(11)8(3)4/h9H,3,5-7H2,1-2,4H3. The molecule has 0 aliphatic rings. The van der Waals surface area contributed by atoms with Gasteiger partial charge in [-0.05, 0) is 20.3 Å². The molecule has 0 heterocycles. The summed E-state index contributed by atoms with van der Waals surface area (Å²) in [6.45, 7) is 9.99. The van der Waals surface area contributed by atoms with Crippen molar-refractivity contribution >= 4 is 5.97 Å². The van der Waals surface area contributed by atoms with Gasteiger partial charge in [-0.1, -0.05) is 13.5 Å². The first-order chi connectivity index (χ1) is 6.11. The van der Waals surface area contributed by atoms with E-state index in [-0.39, 0.29) is 12.1 Å². The number of carbonyl (C=O) groups is 1. The average molecular weight is 186 g/mol. The summed E-state index contributed by atoms with van der Waals surface area (Å²) in [6.07, 6.45) is 0.852. The molecular formula is C10H18O3. The molecule has 0 saturated heterocycles. The van der Waals surface area contributed by atoms with Crippen LogP contribution in [0.1, 0.15) is 27.2 Å². The van der Waals surface area contributed by atoms with E-state index >= 15 is 0 Å². The summed E-state index contributed by atoms with van der Waals surface area (Å²) in [5, 5.41) is 0. The molecule has 76 valence electrons. The third-order valence-electron chi connectivity index (χ3n) is 1.61. The van der Waals surface area contributed by atoms with Gasteiger partial charge in [0.15, 0.2) is 0 Å². The topological polar surface area (TPSA) is 35.5 Å². The molecule has 0 N–H and O–H groups in total. The largest absolute Gasteiger partial charge is 0.460 e. The highest BCUT2D eigenvalue weighted by molar-refractivity contribution is 5.86. The zero-order valence-corrected chi connectivity index (χ0v) is 8.63. The second-order valence-corrected chi connectivity index (χ2v) is 2.86. The number of rotatable bonds is 6. The third-order valence-corrected chi connectivity index (χ3v) is 1.61. The van der Waals surface area contributed by atoms with Crippen LogP contribution < -0.4 is 0 Å². The van der Waals surface area contributed by atoms with E-state index in [1.54, 1.807) is 6.92 Å². The molecule has 0 aromatic carbocycles. The van der Waals surface area contributed by atoms with Gasteiger partial charge in [0, 0.05) is 12.2 Å². The lowest BCUT2D eigenvalue weighted by atomic mass is 10.3. The first-order valence-corrected chi connectivity index (χ1v) is 4.56. The zero-order valence-electron chi connectivity index (χ0n) is 8.63. The van der Waals surface area contributed by atoms with Crippen molar-refractivity contribution in [3.05, 3.63) is 12.2 Å². The van der Waals surface area contributed by atoms with Crippen molar-refractivity contribution in [3.63, 3.8) is 0 Å². The first-order valence-electron chi connectivity index (χ1n) is 4.56. The molecule has 0 rings (SSSR count). The Morgan fingerprint density at radius 1 is 1.46 bits per heavy atom. The lowest BCUT2D eigenvalue weighted by Gasteiger charge is -2.14. The predicted molar refractivity (Wildman–Crippen MR) is 51.5 cm³/mol. The van der Waals surface area contributed by atoms with Crippen molar-refractivity contribution in [2.45, 2.75) is 33.3 Å². The SMILES string of the molecule is C=C(C)C(=O)OCC(CC)OCC. The van der Waals surface area contributed by atoms with Gasteiger partial charge in [0.25, 0.3) is 0 Å². The van der Waals surface area contributed by atoms with Crippen molar-refractivity contribution < 1.29 is 14.3 Å². The molecule has 0 bridgehead atoms. The van der Waals surface area contributed by atoms with Gasteiger partial charge in [-0.2, -0.15) is 0 Å². The fraction of sp³-hybridized carbons (Fsp3) is 0.700.